The molecule has 2 aromatic carbocycles. The number of hydrogen-bond acceptors (Lipinski definition) is 5. The summed E-state index contributed by atoms with van der Waals surface area (Å²) in [5.41, 5.74) is 1.57. The van der Waals surface area contributed by atoms with Crippen LogP contribution >= 0.6 is 23.4 Å². The lowest BCUT2D eigenvalue weighted by molar-refractivity contribution is -0.115. The summed E-state index contributed by atoms with van der Waals surface area (Å²) in [6.45, 7) is 2.47. The molecule has 134 valence electrons. The van der Waals surface area contributed by atoms with Gasteiger partial charge in [0.1, 0.15) is 0 Å². The first-order valence-electron chi connectivity index (χ1n) is 7.95. The Labute approximate surface area is 161 Å². The second-order valence-corrected chi connectivity index (χ2v) is 6.77. The average molecular weight is 389 g/mol. The van der Waals surface area contributed by atoms with Crippen LogP contribution in [0.1, 0.15) is 12.5 Å². The summed E-state index contributed by atoms with van der Waals surface area (Å²) in [5.74, 6) is 1.11. The van der Waals surface area contributed by atoms with Crippen molar-refractivity contribution in [1.82, 2.24) is 5.32 Å². The monoisotopic (exact) mass is 388 g/mol. The van der Waals surface area contributed by atoms with Crippen molar-refractivity contribution in [3.63, 3.8) is 0 Å². The molecule has 0 bridgehead atoms. The van der Waals surface area contributed by atoms with Gasteiger partial charge in [-0.05, 0) is 66.7 Å². The van der Waals surface area contributed by atoms with Crippen LogP contribution in [0.3, 0.4) is 0 Å². The summed E-state index contributed by atoms with van der Waals surface area (Å²) in [7, 11) is 1.59. The van der Waals surface area contributed by atoms with Crippen molar-refractivity contribution in [3.8, 4) is 11.5 Å². The summed E-state index contributed by atoms with van der Waals surface area (Å²) in [6.07, 6.45) is 1.79. The Morgan fingerprint density at radius 1 is 1.19 bits per heavy atom. The van der Waals surface area contributed by atoms with E-state index >= 15 is 0 Å². The highest BCUT2D eigenvalue weighted by molar-refractivity contribution is 8.18. The normalized spacial score (nSPS) is 16.8. The Hall–Kier alpha value is -2.44. The van der Waals surface area contributed by atoms with Gasteiger partial charge < -0.3 is 14.8 Å². The molecule has 0 atom stereocenters. The third-order valence-electron chi connectivity index (χ3n) is 3.49. The molecule has 1 N–H and O–H groups in total. The fourth-order valence-corrected chi connectivity index (χ4v) is 3.28. The summed E-state index contributed by atoms with van der Waals surface area (Å²) in [4.78, 5) is 17.2. The van der Waals surface area contributed by atoms with E-state index in [2.05, 4.69) is 10.3 Å². The van der Waals surface area contributed by atoms with Crippen LogP contribution in [-0.4, -0.2) is 24.8 Å². The standard InChI is InChI=1S/C19H17ClN2O3S/c1-3-25-15-9-4-12(10-16(15)24-2)11-17-18(23)22-19(26-17)21-14-7-5-13(20)6-8-14/h4-11H,3H2,1-2H3,(H,21,22,23)/b17-11-. The van der Waals surface area contributed by atoms with Crippen LogP contribution < -0.4 is 14.8 Å². The molecule has 26 heavy (non-hydrogen) atoms. The number of carbonyl (C=O) groups excluding carboxylic acids is 1. The SMILES string of the molecule is CCOc1ccc(/C=C2\SC(=Nc3ccc(Cl)cc3)NC2=O)cc1OC. The topological polar surface area (TPSA) is 59.9 Å². The second kappa shape index (κ2) is 8.29. The van der Waals surface area contributed by atoms with E-state index in [4.69, 9.17) is 21.1 Å². The van der Waals surface area contributed by atoms with Crippen LogP contribution in [0.25, 0.3) is 6.08 Å². The molecule has 0 spiro atoms. The number of carbonyl (C=O) groups is 1. The minimum Gasteiger partial charge on any atom is -0.493 e. The number of nitrogens with zero attached hydrogens (tertiary/aromatic N) is 1. The molecule has 0 unspecified atom stereocenters. The molecule has 2 aromatic rings. The molecule has 0 saturated carbocycles. The van der Waals surface area contributed by atoms with Gasteiger partial charge in [0, 0.05) is 5.02 Å². The molecule has 1 aliphatic heterocycles. The molecule has 7 heteroatoms. The van der Waals surface area contributed by atoms with Crippen molar-refractivity contribution < 1.29 is 14.3 Å². The van der Waals surface area contributed by atoms with E-state index in [0.717, 1.165) is 11.3 Å². The summed E-state index contributed by atoms with van der Waals surface area (Å²) in [6, 6.07) is 12.6. The van der Waals surface area contributed by atoms with Crippen molar-refractivity contribution in [2.45, 2.75) is 6.92 Å². The fraction of sp³-hybridized carbons (Fsp3) is 0.158. The number of amidine groups is 1. The maximum Gasteiger partial charge on any atom is 0.264 e. The Morgan fingerprint density at radius 2 is 1.96 bits per heavy atom. The van der Waals surface area contributed by atoms with Gasteiger partial charge in [-0.2, -0.15) is 0 Å². The molecule has 0 aliphatic carbocycles. The minimum atomic E-state index is -0.185. The van der Waals surface area contributed by atoms with Crippen molar-refractivity contribution in [2.75, 3.05) is 13.7 Å². The van der Waals surface area contributed by atoms with E-state index in [-0.39, 0.29) is 5.91 Å². The Balaban J connectivity index is 1.81. The lowest BCUT2D eigenvalue weighted by atomic mass is 10.2. The van der Waals surface area contributed by atoms with Gasteiger partial charge in [-0.1, -0.05) is 17.7 Å². The lowest BCUT2D eigenvalue weighted by Gasteiger charge is -2.09. The van der Waals surface area contributed by atoms with Gasteiger partial charge in [-0.25, -0.2) is 4.99 Å². The van der Waals surface area contributed by atoms with Crippen LogP contribution in [0.2, 0.25) is 5.02 Å². The van der Waals surface area contributed by atoms with E-state index in [1.54, 1.807) is 37.5 Å². The lowest BCUT2D eigenvalue weighted by Crippen LogP contribution is -2.19. The van der Waals surface area contributed by atoms with Gasteiger partial charge in [0.2, 0.25) is 0 Å². The van der Waals surface area contributed by atoms with Crippen LogP contribution in [0.5, 0.6) is 11.5 Å². The molecule has 0 radical (unpaired) electrons. The number of halogens is 1. The maximum absolute atomic E-state index is 12.2. The molecule has 1 saturated heterocycles. The Kier molecular flexibility index (Phi) is 5.85. The number of amides is 1. The first-order valence-corrected chi connectivity index (χ1v) is 9.14. The van der Waals surface area contributed by atoms with Gasteiger partial charge in [0.15, 0.2) is 16.7 Å². The molecular weight excluding hydrogens is 372 g/mol. The van der Waals surface area contributed by atoms with Crippen molar-refractivity contribution >= 4 is 46.2 Å². The number of rotatable bonds is 5. The quantitative estimate of drug-likeness (QED) is 0.758. The molecule has 1 aliphatic rings. The second-order valence-electron chi connectivity index (χ2n) is 5.30. The third-order valence-corrected chi connectivity index (χ3v) is 4.66. The zero-order valence-corrected chi connectivity index (χ0v) is 15.9. The van der Waals surface area contributed by atoms with Gasteiger partial charge in [0.25, 0.3) is 5.91 Å². The Morgan fingerprint density at radius 3 is 2.65 bits per heavy atom. The molecule has 1 fully saturated rings. The largest absolute Gasteiger partial charge is 0.493 e. The van der Waals surface area contributed by atoms with Crippen molar-refractivity contribution in [2.24, 2.45) is 4.99 Å². The predicted molar refractivity (Wildman–Crippen MR) is 106 cm³/mol. The van der Waals surface area contributed by atoms with E-state index < -0.39 is 0 Å². The number of hydrogen-bond donors (Lipinski definition) is 1. The molecule has 5 nitrogen and oxygen atoms in total. The van der Waals surface area contributed by atoms with Gasteiger partial charge in [-0.15, -0.1) is 0 Å². The summed E-state index contributed by atoms with van der Waals surface area (Å²) in [5, 5.41) is 3.93. The number of aliphatic imine (C=N–C) groups is 1. The number of thioether (sulfide) groups is 1. The van der Waals surface area contributed by atoms with E-state index in [1.807, 2.05) is 25.1 Å². The van der Waals surface area contributed by atoms with Crippen molar-refractivity contribution in [3.05, 3.63) is 58.0 Å². The van der Waals surface area contributed by atoms with E-state index in [1.165, 1.54) is 11.8 Å². The first kappa shape index (κ1) is 18.4. The van der Waals surface area contributed by atoms with Crippen LogP contribution in [-0.2, 0) is 4.79 Å². The number of ether oxygens (including phenoxy) is 2. The third kappa shape index (κ3) is 4.39. The van der Waals surface area contributed by atoms with Gasteiger partial charge in [-0.3, -0.25) is 4.79 Å². The predicted octanol–water partition coefficient (Wildman–Crippen LogP) is 4.64. The fourth-order valence-electron chi connectivity index (χ4n) is 2.31. The van der Waals surface area contributed by atoms with Crippen LogP contribution in [0, 0.1) is 0 Å². The highest BCUT2D eigenvalue weighted by atomic mass is 35.5. The van der Waals surface area contributed by atoms with E-state index in [0.29, 0.717) is 33.2 Å². The smallest absolute Gasteiger partial charge is 0.264 e. The highest BCUT2D eigenvalue weighted by Gasteiger charge is 2.24. The highest BCUT2D eigenvalue weighted by Crippen LogP contribution is 2.32. The number of methoxy groups -OCH3 is 1. The number of benzene rings is 2. The molecular formula is C19H17ClN2O3S. The maximum atomic E-state index is 12.2. The first-order chi connectivity index (χ1) is 12.6. The Bertz CT molecular complexity index is 879. The zero-order chi connectivity index (χ0) is 18.5. The minimum absolute atomic E-state index is 0.185. The van der Waals surface area contributed by atoms with Gasteiger partial charge in [0.05, 0.1) is 24.3 Å². The summed E-state index contributed by atoms with van der Waals surface area (Å²) < 4.78 is 10.9. The van der Waals surface area contributed by atoms with Crippen molar-refractivity contribution in [1.29, 1.82) is 0 Å². The number of nitrogens with one attached hydrogen (secondary N) is 1. The molecule has 0 aromatic heterocycles. The summed E-state index contributed by atoms with van der Waals surface area (Å²) >= 11 is 7.15. The zero-order valence-electron chi connectivity index (χ0n) is 14.3. The van der Waals surface area contributed by atoms with Crippen LogP contribution in [0.15, 0.2) is 52.4 Å². The van der Waals surface area contributed by atoms with E-state index in [9.17, 15) is 4.79 Å². The molecule has 1 amide bonds. The molecule has 1 heterocycles. The van der Waals surface area contributed by atoms with Crippen LogP contribution in [0.4, 0.5) is 5.69 Å². The van der Waals surface area contributed by atoms with Gasteiger partial charge >= 0.3 is 0 Å². The average Bonchev–Trinajstić information content (AvgIpc) is 2.97. The molecule has 3 rings (SSSR count).